The summed E-state index contributed by atoms with van der Waals surface area (Å²) in [6.45, 7) is 0. The average Bonchev–Trinajstić information content (AvgIpc) is 3.15. The van der Waals surface area contributed by atoms with Crippen molar-refractivity contribution in [1.29, 1.82) is 0 Å². The minimum atomic E-state index is -0.424. The van der Waals surface area contributed by atoms with Gasteiger partial charge in [-0.1, -0.05) is 35.3 Å². The number of aromatic nitrogens is 2. The van der Waals surface area contributed by atoms with Crippen LogP contribution in [-0.2, 0) is 0 Å². The van der Waals surface area contributed by atoms with Gasteiger partial charge in [-0.05, 0) is 36.4 Å². The highest BCUT2D eigenvalue weighted by Crippen LogP contribution is 2.24. The maximum absolute atomic E-state index is 12.2. The van der Waals surface area contributed by atoms with Crippen molar-refractivity contribution in [2.45, 2.75) is 0 Å². The molecule has 0 saturated carbocycles. The third-order valence-corrected chi connectivity index (χ3v) is 4.39. The van der Waals surface area contributed by atoms with E-state index < -0.39 is 5.91 Å². The molecule has 3 aromatic rings. The van der Waals surface area contributed by atoms with Crippen LogP contribution in [-0.4, -0.2) is 29.4 Å². The van der Waals surface area contributed by atoms with Gasteiger partial charge in [0, 0.05) is 11.1 Å². The predicted octanol–water partition coefficient (Wildman–Crippen LogP) is 4.16. The number of ether oxygens (including phenoxy) is 1. The molecule has 6 nitrogen and oxygen atoms in total. The first-order chi connectivity index (χ1) is 12.6. The number of hydrogen-bond donors (Lipinski definition) is 2. The molecule has 1 heterocycles. The van der Waals surface area contributed by atoms with Crippen molar-refractivity contribution < 1.29 is 9.53 Å². The number of amides is 1. The Kier molecular flexibility index (Phi) is 5.55. The summed E-state index contributed by atoms with van der Waals surface area (Å²) < 4.78 is 5.12. The molecule has 0 fully saturated rings. The van der Waals surface area contributed by atoms with Crippen molar-refractivity contribution in [3.63, 3.8) is 0 Å². The number of hydrogen-bond acceptors (Lipinski definition) is 4. The van der Waals surface area contributed by atoms with Crippen molar-refractivity contribution in [3.8, 4) is 17.0 Å². The van der Waals surface area contributed by atoms with Crippen molar-refractivity contribution >= 4 is 35.3 Å². The third kappa shape index (κ3) is 4.04. The van der Waals surface area contributed by atoms with Gasteiger partial charge >= 0.3 is 0 Å². The van der Waals surface area contributed by atoms with Crippen molar-refractivity contribution in [3.05, 3.63) is 69.8 Å². The Balaban J connectivity index is 1.68. The Bertz CT molecular complexity index is 952. The fourth-order valence-corrected chi connectivity index (χ4v) is 2.55. The summed E-state index contributed by atoms with van der Waals surface area (Å²) in [5.74, 6) is 0.322. The molecule has 0 atom stereocenters. The fraction of sp³-hybridized carbons (Fsp3) is 0.0556. The van der Waals surface area contributed by atoms with E-state index in [0.29, 0.717) is 21.3 Å². The van der Waals surface area contributed by atoms with Gasteiger partial charge in [-0.3, -0.25) is 9.89 Å². The normalized spacial score (nSPS) is 10.9. The first-order valence-electron chi connectivity index (χ1n) is 7.55. The second kappa shape index (κ2) is 8.03. The van der Waals surface area contributed by atoms with Gasteiger partial charge in [0.05, 0.1) is 29.1 Å². The molecule has 0 saturated heterocycles. The van der Waals surface area contributed by atoms with Crippen LogP contribution in [0.1, 0.15) is 16.1 Å². The summed E-state index contributed by atoms with van der Waals surface area (Å²) in [6.07, 6.45) is 1.42. The smallest absolute Gasteiger partial charge is 0.289 e. The molecule has 0 bridgehead atoms. The van der Waals surface area contributed by atoms with Gasteiger partial charge in [0.1, 0.15) is 11.4 Å². The number of hydrazone groups is 1. The number of benzene rings is 2. The van der Waals surface area contributed by atoms with Crippen LogP contribution in [0.15, 0.2) is 53.6 Å². The predicted molar refractivity (Wildman–Crippen MR) is 102 cm³/mol. The number of rotatable bonds is 5. The molecular weight excluding hydrogens is 375 g/mol. The molecule has 26 heavy (non-hydrogen) atoms. The molecule has 0 unspecified atom stereocenters. The molecule has 3 rings (SSSR count). The number of carbonyl (C=O) groups is 1. The molecule has 0 aliphatic heterocycles. The summed E-state index contributed by atoms with van der Waals surface area (Å²) >= 11 is 12.0. The van der Waals surface area contributed by atoms with Gasteiger partial charge < -0.3 is 4.74 Å². The second-order valence-electron chi connectivity index (χ2n) is 5.24. The molecular formula is C18H14Cl2N4O2. The highest BCUT2D eigenvalue weighted by atomic mass is 35.5. The first-order valence-corrected chi connectivity index (χ1v) is 8.31. The Morgan fingerprint density at radius 2 is 2.00 bits per heavy atom. The highest BCUT2D eigenvalue weighted by Gasteiger charge is 2.10. The van der Waals surface area contributed by atoms with Crippen LogP contribution in [0.3, 0.4) is 0 Å². The largest absolute Gasteiger partial charge is 0.497 e. The number of aromatic amines is 1. The number of nitrogens with zero attached hydrogens (tertiary/aromatic N) is 2. The molecule has 1 aromatic heterocycles. The van der Waals surface area contributed by atoms with E-state index >= 15 is 0 Å². The van der Waals surface area contributed by atoms with Crippen molar-refractivity contribution in [2.24, 2.45) is 5.10 Å². The minimum Gasteiger partial charge on any atom is -0.497 e. The van der Waals surface area contributed by atoms with Gasteiger partial charge in [0.25, 0.3) is 5.91 Å². The summed E-state index contributed by atoms with van der Waals surface area (Å²) in [7, 11) is 1.60. The van der Waals surface area contributed by atoms with Crippen LogP contribution >= 0.6 is 23.2 Å². The second-order valence-corrected chi connectivity index (χ2v) is 6.02. The van der Waals surface area contributed by atoms with Crippen molar-refractivity contribution in [2.75, 3.05) is 7.11 Å². The van der Waals surface area contributed by atoms with Gasteiger partial charge in [-0.15, -0.1) is 0 Å². The van der Waals surface area contributed by atoms with Crippen molar-refractivity contribution in [1.82, 2.24) is 15.6 Å². The Morgan fingerprint density at radius 3 is 2.73 bits per heavy atom. The van der Waals surface area contributed by atoms with Gasteiger partial charge in [-0.2, -0.15) is 10.2 Å². The van der Waals surface area contributed by atoms with E-state index in [2.05, 4.69) is 20.7 Å². The third-order valence-electron chi connectivity index (χ3n) is 3.56. The fourth-order valence-electron chi connectivity index (χ4n) is 2.19. The number of nitrogens with one attached hydrogen (secondary N) is 2. The molecule has 8 heteroatoms. The summed E-state index contributed by atoms with van der Waals surface area (Å²) in [6, 6.07) is 14.1. The molecule has 132 valence electrons. The minimum absolute atomic E-state index is 0.283. The lowest BCUT2D eigenvalue weighted by Gasteiger charge is -2.00. The quantitative estimate of drug-likeness (QED) is 0.508. The molecule has 0 aliphatic carbocycles. The lowest BCUT2D eigenvalue weighted by molar-refractivity contribution is 0.0950. The molecule has 2 aromatic carbocycles. The molecule has 2 N–H and O–H groups in total. The zero-order valence-corrected chi connectivity index (χ0v) is 15.2. The molecule has 0 aliphatic rings. The summed E-state index contributed by atoms with van der Waals surface area (Å²) in [4.78, 5) is 12.2. The Hall–Kier alpha value is -2.83. The van der Waals surface area contributed by atoms with Crippen LogP contribution in [0, 0.1) is 0 Å². The Labute approximate surface area is 159 Å². The number of carbonyl (C=O) groups excluding carboxylic acids is 1. The van der Waals surface area contributed by atoms with Crippen LogP contribution < -0.4 is 10.2 Å². The van der Waals surface area contributed by atoms with Gasteiger partial charge in [-0.25, -0.2) is 5.43 Å². The van der Waals surface area contributed by atoms with E-state index in [1.54, 1.807) is 31.4 Å². The first kappa shape index (κ1) is 18.0. The van der Waals surface area contributed by atoms with E-state index in [1.165, 1.54) is 6.21 Å². The number of halogens is 2. The number of H-pyrrole nitrogens is 1. The molecule has 0 radical (unpaired) electrons. The zero-order chi connectivity index (χ0) is 18.5. The average molecular weight is 389 g/mol. The molecule has 0 spiro atoms. The monoisotopic (exact) mass is 388 g/mol. The van der Waals surface area contributed by atoms with Crippen LogP contribution in [0.25, 0.3) is 11.3 Å². The van der Waals surface area contributed by atoms with E-state index in [0.717, 1.165) is 11.3 Å². The van der Waals surface area contributed by atoms with E-state index in [9.17, 15) is 4.79 Å². The zero-order valence-electron chi connectivity index (χ0n) is 13.7. The summed E-state index contributed by atoms with van der Waals surface area (Å²) in [5, 5.41) is 11.5. The topological polar surface area (TPSA) is 79.4 Å². The van der Waals surface area contributed by atoms with E-state index in [1.807, 2.05) is 24.3 Å². The van der Waals surface area contributed by atoms with Crippen LogP contribution in [0.5, 0.6) is 5.75 Å². The highest BCUT2D eigenvalue weighted by molar-refractivity contribution is 6.43. The van der Waals surface area contributed by atoms with E-state index in [-0.39, 0.29) is 5.69 Å². The summed E-state index contributed by atoms with van der Waals surface area (Å²) in [5.41, 5.74) is 4.79. The van der Waals surface area contributed by atoms with Gasteiger partial charge in [0.15, 0.2) is 0 Å². The maximum Gasteiger partial charge on any atom is 0.289 e. The number of methoxy groups -OCH3 is 1. The maximum atomic E-state index is 12.2. The Morgan fingerprint density at radius 1 is 1.23 bits per heavy atom. The lowest BCUT2D eigenvalue weighted by Crippen LogP contribution is -2.18. The van der Waals surface area contributed by atoms with E-state index in [4.69, 9.17) is 27.9 Å². The lowest BCUT2D eigenvalue weighted by atomic mass is 10.1. The van der Waals surface area contributed by atoms with Crippen LogP contribution in [0.2, 0.25) is 10.0 Å². The standard InChI is InChI=1S/C18H14Cl2N4O2/c1-26-13-7-5-11(6-8-13)15-9-16(23-22-15)18(25)24-21-10-12-3-2-4-14(19)17(12)20/h2-10H,1H3,(H,22,23)(H,24,25)/b21-10+. The molecule has 1 amide bonds. The SMILES string of the molecule is COc1ccc(-c2cc(C(=O)N/N=C/c3cccc(Cl)c3Cl)[nH]n2)cc1. The van der Waals surface area contributed by atoms with Gasteiger partial charge in [0.2, 0.25) is 0 Å². The van der Waals surface area contributed by atoms with Crippen LogP contribution in [0.4, 0.5) is 0 Å².